The van der Waals surface area contributed by atoms with Crippen LogP contribution in [0.1, 0.15) is 5.56 Å². The van der Waals surface area contributed by atoms with E-state index in [0.717, 1.165) is 10.0 Å². The van der Waals surface area contributed by atoms with Gasteiger partial charge in [-0.3, -0.25) is 10.1 Å². The lowest BCUT2D eigenvalue weighted by Gasteiger charge is -2.01. The van der Waals surface area contributed by atoms with Crippen molar-refractivity contribution in [2.24, 2.45) is 0 Å². The topological polar surface area (TPSA) is 43.1 Å². The van der Waals surface area contributed by atoms with Crippen LogP contribution in [0.25, 0.3) is 0 Å². The van der Waals surface area contributed by atoms with Gasteiger partial charge in [0.1, 0.15) is 0 Å². The molecule has 0 saturated heterocycles. The molecule has 1 rings (SSSR count). The maximum absolute atomic E-state index is 10.5. The van der Waals surface area contributed by atoms with Crippen molar-refractivity contribution < 1.29 is 4.92 Å². The fourth-order valence-corrected chi connectivity index (χ4v) is 2.16. The quantitative estimate of drug-likeness (QED) is 0.447. The Morgan fingerprint density at radius 3 is 2.67 bits per heavy atom. The minimum atomic E-state index is -0.374. The average molecular weight is 342 g/mol. The third-order valence-electron chi connectivity index (χ3n) is 1.50. The molecule has 0 saturated carbocycles. The molecule has 0 aliphatic carbocycles. The van der Waals surface area contributed by atoms with Gasteiger partial charge in [0.25, 0.3) is 5.69 Å². The van der Waals surface area contributed by atoms with Crippen LogP contribution in [0.5, 0.6) is 0 Å². The molecule has 1 aromatic carbocycles. The monoisotopic (exact) mass is 341 g/mol. The standard InChI is InChI=1S/C7H5BrINO2/c1-4-5(8)2-3-6(7(4)9)10(11)12/h2-3H,1H3. The molecule has 0 radical (unpaired) electrons. The fraction of sp³-hybridized carbons (Fsp3) is 0.143. The van der Waals surface area contributed by atoms with Gasteiger partial charge in [0.05, 0.1) is 8.49 Å². The van der Waals surface area contributed by atoms with E-state index in [1.54, 1.807) is 6.07 Å². The summed E-state index contributed by atoms with van der Waals surface area (Å²) in [5, 5.41) is 10.5. The maximum atomic E-state index is 10.5. The Labute approximate surface area is 91.6 Å². The summed E-state index contributed by atoms with van der Waals surface area (Å²) < 4.78 is 1.59. The first-order chi connectivity index (χ1) is 5.54. The SMILES string of the molecule is Cc1c(Br)ccc([N+](=O)[O-])c1I. The molecule has 12 heavy (non-hydrogen) atoms. The van der Waals surface area contributed by atoms with E-state index < -0.39 is 0 Å². The van der Waals surface area contributed by atoms with Gasteiger partial charge in [-0.1, -0.05) is 15.9 Å². The molecule has 1 aromatic rings. The van der Waals surface area contributed by atoms with Crippen LogP contribution < -0.4 is 0 Å². The molecule has 0 amide bonds. The van der Waals surface area contributed by atoms with Crippen LogP contribution in [0.2, 0.25) is 0 Å². The summed E-state index contributed by atoms with van der Waals surface area (Å²) in [7, 11) is 0. The third kappa shape index (κ3) is 1.77. The summed E-state index contributed by atoms with van der Waals surface area (Å²) in [5.74, 6) is 0. The Kier molecular flexibility index (Phi) is 3.05. The van der Waals surface area contributed by atoms with Crippen LogP contribution in [-0.2, 0) is 0 Å². The van der Waals surface area contributed by atoms with Crippen LogP contribution in [-0.4, -0.2) is 4.92 Å². The van der Waals surface area contributed by atoms with Crippen LogP contribution in [0.3, 0.4) is 0 Å². The highest BCUT2D eigenvalue weighted by Gasteiger charge is 2.14. The molecule has 0 bridgehead atoms. The zero-order valence-corrected chi connectivity index (χ0v) is 9.92. The smallest absolute Gasteiger partial charge is 0.258 e. The number of benzene rings is 1. The first kappa shape index (κ1) is 9.91. The first-order valence-electron chi connectivity index (χ1n) is 3.13. The van der Waals surface area contributed by atoms with E-state index in [4.69, 9.17) is 0 Å². The number of rotatable bonds is 1. The molecule has 0 aromatic heterocycles. The number of nitro benzene ring substituents is 1. The summed E-state index contributed by atoms with van der Waals surface area (Å²) in [6, 6.07) is 3.19. The van der Waals surface area contributed by atoms with E-state index in [0.29, 0.717) is 3.57 Å². The maximum Gasteiger partial charge on any atom is 0.282 e. The predicted molar refractivity (Wildman–Crippen MR) is 58.3 cm³/mol. The molecule has 0 N–H and O–H groups in total. The summed E-state index contributed by atoms with van der Waals surface area (Å²) in [5.41, 5.74) is 1.07. The molecule has 0 aliphatic rings. The molecule has 0 atom stereocenters. The second kappa shape index (κ2) is 3.69. The minimum Gasteiger partial charge on any atom is -0.258 e. The van der Waals surface area contributed by atoms with E-state index in [1.165, 1.54) is 6.07 Å². The average Bonchev–Trinajstić information content (AvgIpc) is 2.00. The van der Waals surface area contributed by atoms with Gasteiger partial charge in [-0.25, -0.2) is 0 Å². The van der Waals surface area contributed by atoms with Crippen molar-refractivity contribution in [1.29, 1.82) is 0 Å². The Bertz CT molecular complexity index is 340. The second-order valence-corrected chi connectivity index (χ2v) is 4.20. The number of hydrogen-bond donors (Lipinski definition) is 0. The van der Waals surface area contributed by atoms with Crippen molar-refractivity contribution in [3.63, 3.8) is 0 Å². The van der Waals surface area contributed by atoms with Crippen LogP contribution in [0.4, 0.5) is 5.69 Å². The Balaban J connectivity index is 3.36. The number of halogens is 2. The van der Waals surface area contributed by atoms with Gasteiger partial charge in [-0.2, -0.15) is 0 Å². The van der Waals surface area contributed by atoms with Crippen LogP contribution in [0.15, 0.2) is 16.6 Å². The molecular formula is C7H5BrINO2. The largest absolute Gasteiger partial charge is 0.282 e. The van der Waals surface area contributed by atoms with Gasteiger partial charge >= 0.3 is 0 Å². The zero-order chi connectivity index (χ0) is 9.30. The van der Waals surface area contributed by atoms with E-state index in [-0.39, 0.29) is 10.6 Å². The van der Waals surface area contributed by atoms with Crippen molar-refractivity contribution >= 4 is 44.2 Å². The molecule has 0 spiro atoms. The van der Waals surface area contributed by atoms with E-state index in [1.807, 2.05) is 29.5 Å². The lowest BCUT2D eigenvalue weighted by atomic mass is 10.2. The minimum absolute atomic E-state index is 0.163. The lowest BCUT2D eigenvalue weighted by Crippen LogP contribution is -1.93. The molecule has 3 nitrogen and oxygen atoms in total. The zero-order valence-electron chi connectivity index (χ0n) is 6.17. The Morgan fingerprint density at radius 2 is 2.17 bits per heavy atom. The molecule has 0 aliphatic heterocycles. The highest BCUT2D eigenvalue weighted by molar-refractivity contribution is 14.1. The van der Waals surface area contributed by atoms with E-state index in [9.17, 15) is 10.1 Å². The lowest BCUT2D eigenvalue weighted by molar-refractivity contribution is -0.385. The second-order valence-electron chi connectivity index (χ2n) is 2.26. The Morgan fingerprint density at radius 1 is 1.58 bits per heavy atom. The molecule has 64 valence electrons. The molecule has 0 unspecified atom stereocenters. The van der Waals surface area contributed by atoms with Crippen molar-refractivity contribution in [1.82, 2.24) is 0 Å². The van der Waals surface area contributed by atoms with Gasteiger partial charge in [0, 0.05) is 10.5 Å². The first-order valence-corrected chi connectivity index (χ1v) is 5.00. The predicted octanol–water partition coefficient (Wildman–Crippen LogP) is 3.27. The highest BCUT2D eigenvalue weighted by Crippen LogP contribution is 2.29. The van der Waals surface area contributed by atoms with E-state index in [2.05, 4.69) is 15.9 Å². The van der Waals surface area contributed by atoms with Crippen LogP contribution in [0, 0.1) is 20.6 Å². The number of nitro groups is 1. The van der Waals surface area contributed by atoms with Crippen molar-refractivity contribution in [3.8, 4) is 0 Å². The van der Waals surface area contributed by atoms with E-state index >= 15 is 0 Å². The fourth-order valence-electron chi connectivity index (χ4n) is 0.788. The van der Waals surface area contributed by atoms with Crippen molar-refractivity contribution in [2.75, 3.05) is 0 Å². The molecule has 5 heteroatoms. The summed E-state index contributed by atoms with van der Waals surface area (Å²) in [4.78, 5) is 10.1. The molecule has 0 heterocycles. The number of hydrogen-bond acceptors (Lipinski definition) is 2. The Hall–Kier alpha value is -0.170. The van der Waals surface area contributed by atoms with Gasteiger partial charge < -0.3 is 0 Å². The van der Waals surface area contributed by atoms with Crippen LogP contribution >= 0.6 is 38.5 Å². The summed E-state index contributed by atoms with van der Waals surface area (Å²) in [6.45, 7) is 1.85. The van der Waals surface area contributed by atoms with Gasteiger partial charge in [-0.05, 0) is 41.1 Å². The summed E-state index contributed by atoms with van der Waals surface area (Å²) in [6.07, 6.45) is 0. The molecular weight excluding hydrogens is 337 g/mol. The summed E-state index contributed by atoms with van der Waals surface area (Å²) >= 11 is 5.28. The van der Waals surface area contributed by atoms with Crippen molar-refractivity contribution in [3.05, 3.63) is 35.9 Å². The number of nitrogens with zero attached hydrogens (tertiary/aromatic N) is 1. The van der Waals surface area contributed by atoms with Crippen molar-refractivity contribution in [2.45, 2.75) is 6.92 Å². The normalized spacial score (nSPS) is 9.92. The van der Waals surface area contributed by atoms with Gasteiger partial charge in [0.2, 0.25) is 0 Å². The highest BCUT2D eigenvalue weighted by atomic mass is 127. The third-order valence-corrected chi connectivity index (χ3v) is 3.72. The van der Waals surface area contributed by atoms with Gasteiger partial charge in [-0.15, -0.1) is 0 Å². The molecule has 0 fully saturated rings. The van der Waals surface area contributed by atoms with Gasteiger partial charge in [0.15, 0.2) is 0 Å².